The maximum Gasteiger partial charge on any atom is 0.236 e. The largest absolute Gasteiger partial charge is 0.381 e. The smallest absolute Gasteiger partial charge is 0.236 e. The average molecular weight is 387 g/mol. The first-order valence-electron chi connectivity index (χ1n) is 10.3. The first-order chi connectivity index (χ1) is 13.6. The van der Waals surface area contributed by atoms with E-state index in [9.17, 15) is 4.79 Å². The van der Waals surface area contributed by atoms with E-state index in [1.165, 1.54) is 31.4 Å². The molecule has 1 amide bonds. The van der Waals surface area contributed by atoms with Gasteiger partial charge in [0.05, 0.1) is 18.5 Å². The molecule has 0 bridgehead atoms. The summed E-state index contributed by atoms with van der Waals surface area (Å²) in [6.45, 7) is 7.21. The summed E-state index contributed by atoms with van der Waals surface area (Å²) >= 11 is 0. The molecular weight excluding hydrogens is 358 g/mol. The molecular formula is C20H29N5O3. The number of ether oxygens (including phenoxy) is 1. The number of nitrogens with zero attached hydrogens (tertiary/aromatic N) is 5. The lowest BCUT2D eigenvalue weighted by Crippen LogP contribution is -2.41. The fourth-order valence-corrected chi connectivity index (χ4v) is 4.47. The van der Waals surface area contributed by atoms with Gasteiger partial charge in [-0.3, -0.25) is 9.48 Å². The Kier molecular flexibility index (Phi) is 5.75. The van der Waals surface area contributed by atoms with E-state index in [1.54, 1.807) is 6.92 Å². The van der Waals surface area contributed by atoms with Crippen molar-refractivity contribution >= 4 is 5.91 Å². The molecule has 0 N–H and O–H groups in total. The molecule has 8 nitrogen and oxygen atoms in total. The predicted molar refractivity (Wildman–Crippen MR) is 102 cm³/mol. The topological polar surface area (TPSA) is 86.3 Å². The van der Waals surface area contributed by atoms with Crippen molar-refractivity contribution in [1.29, 1.82) is 0 Å². The Morgan fingerprint density at radius 3 is 2.89 bits per heavy atom. The van der Waals surface area contributed by atoms with Crippen molar-refractivity contribution in [2.24, 2.45) is 5.92 Å². The number of aromatic nitrogens is 4. The van der Waals surface area contributed by atoms with Gasteiger partial charge >= 0.3 is 0 Å². The minimum absolute atomic E-state index is 0.000610. The molecule has 2 aromatic rings. The van der Waals surface area contributed by atoms with Crippen LogP contribution >= 0.6 is 0 Å². The van der Waals surface area contributed by atoms with Gasteiger partial charge in [0.2, 0.25) is 11.8 Å². The van der Waals surface area contributed by atoms with Crippen LogP contribution < -0.4 is 0 Å². The summed E-state index contributed by atoms with van der Waals surface area (Å²) in [6.07, 6.45) is 7.30. The quantitative estimate of drug-likeness (QED) is 0.725. The van der Waals surface area contributed by atoms with E-state index in [1.807, 2.05) is 18.0 Å². The van der Waals surface area contributed by atoms with Crippen molar-refractivity contribution in [1.82, 2.24) is 24.8 Å². The highest BCUT2D eigenvalue weighted by molar-refractivity contribution is 5.78. The van der Waals surface area contributed by atoms with Crippen LogP contribution in [0.25, 0.3) is 0 Å². The number of carbonyl (C=O) groups is 1. The summed E-state index contributed by atoms with van der Waals surface area (Å²) in [7, 11) is 0. The molecule has 1 saturated carbocycles. The molecule has 28 heavy (non-hydrogen) atoms. The fourth-order valence-electron chi connectivity index (χ4n) is 4.47. The van der Waals surface area contributed by atoms with Crippen LogP contribution in [0.2, 0.25) is 0 Å². The fraction of sp³-hybridized carbons (Fsp3) is 0.700. The van der Waals surface area contributed by atoms with Crippen molar-refractivity contribution in [2.75, 3.05) is 19.8 Å². The molecule has 0 unspecified atom stereocenters. The van der Waals surface area contributed by atoms with Gasteiger partial charge in [-0.2, -0.15) is 10.1 Å². The molecule has 0 spiro atoms. The first kappa shape index (κ1) is 19.1. The van der Waals surface area contributed by atoms with Gasteiger partial charge in [-0.15, -0.1) is 0 Å². The van der Waals surface area contributed by atoms with Gasteiger partial charge in [-0.05, 0) is 32.6 Å². The molecule has 0 radical (unpaired) electrons. The number of hydrogen-bond donors (Lipinski definition) is 0. The second-order valence-corrected chi connectivity index (χ2v) is 7.93. The van der Waals surface area contributed by atoms with E-state index in [4.69, 9.17) is 9.26 Å². The van der Waals surface area contributed by atoms with Crippen LogP contribution in [-0.4, -0.2) is 50.5 Å². The van der Waals surface area contributed by atoms with E-state index < -0.39 is 0 Å². The molecule has 1 fully saturated rings. The second-order valence-electron chi connectivity index (χ2n) is 7.93. The highest BCUT2D eigenvalue weighted by atomic mass is 16.5. The summed E-state index contributed by atoms with van der Waals surface area (Å²) < 4.78 is 13.0. The monoisotopic (exact) mass is 387 g/mol. The summed E-state index contributed by atoms with van der Waals surface area (Å²) in [5.74, 6) is 1.77. The van der Waals surface area contributed by atoms with Crippen LogP contribution in [0.1, 0.15) is 61.5 Å². The van der Waals surface area contributed by atoms with E-state index in [0.717, 1.165) is 18.0 Å². The van der Waals surface area contributed by atoms with Gasteiger partial charge in [0.15, 0.2) is 5.82 Å². The number of hydrogen-bond acceptors (Lipinski definition) is 6. The standard InChI is InChI=1S/C20H29N5O3/c1-3-27-13-17-12-24(19(26)8-18-22-14(2)23-28-18)11-16-9-21-25(20(16)17)10-15-6-4-5-7-15/h9,15,17H,3-8,10-13H2,1-2H3/t17-/m0/s1. The summed E-state index contributed by atoms with van der Waals surface area (Å²) in [5.41, 5.74) is 2.38. The van der Waals surface area contributed by atoms with Gasteiger partial charge < -0.3 is 14.2 Å². The van der Waals surface area contributed by atoms with Crippen molar-refractivity contribution < 1.29 is 14.1 Å². The van der Waals surface area contributed by atoms with Gasteiger partial charge in [0, 0.05) is 37.7 Å². The van der Waals surface area contributed by atoms with Crippen molar-refractivity contribution in [3.63, 3.8) is 0 Å². The number of amides is 1. The lowest BCUT2D eigenvalue weighted by atomic mass is 9.96. The maximum absolute atomic E-state index is 12.8. The molecule has 2 aliphatic rings. The predicted octanol–water partition coefficient (Wildman–Crippen LogP) is 2.47. The number of rotatable bonds is 7. The third-order valence-electron chi connectivity index (χ3n) is 5.80. The minimum Gasteiger partial charge on any atom is -0.381 e. The maximum atomic E-state index is 12.8. The van der Waals surface area contributed by atoms with Gasteiger partial charge in [0.1, 0.15) is 6.42 Å². The normalized spacial score (nSPS) is 19.9. The number of aryl methyl sites for hydroxylation is 1. The molecule has 4 rings (SSSR count). The Balaban J connectivity index is 1.51. The zero-order valence-corrected chi connectivity index (χ0v) is 16.8. The summed E-state index contributed by atoms with van der Waals surface area (Å²) in [5, 5.41) is 8.45. The van der Waals surface area contributed by atoms with E-state index in [-0.39, 0.29) is 18.2 Å². The molecule has 152 valence electrons. The van der Waals surface area contributed by atoms with Crippen LogP contribution in [0, 0.1) is 12.8 Å². The van der Waals surface area contributed by atoms with Crippen LogP contribution in [-0.2, 0) is 29.0 Å². The molecule has 1 aliphatic heterocycles. The zero-order chi connectivity index (χ0) is 19.5. The minimum atomic E-state index is -0.000610. The SMILES string of the molecule is CCOC[C@@H]1CN(C(=O)Cc2nc(C)no2)Cc2cnn(CC3CCCC3)c21. The Bertz CT molecular complexity index is 809. The summed E-state index contributed by atoms with van der Waals surface area (Å²) in [4.78, 5) is 18.8. The lowest BCUT2D eigenvalue weighted by Gasteiger charge is -2.33. The van der Waals surface area contributed by atoms with E-state index in [0.29, 0.717) is 38.0 Å². The van der Waals surface area contributed by atoms with E-state index in [2.05, 4.69) is 19.9 Å². The van der Waals surface area contributed by atoms with Crippen molar-refractivity contribution in [2.45, 2.75) is 65.0 Å². The van der Waals surface area contributed by atoms with Gasteiger partial charge in [-0.25, -0.2) is 0 Å². The van der Waals surface area contributed by atoms with Crippen LogP contribution in [0.15, 0.2) is 10.7 Å². The average Bonchev–Trinajstić information content (AvgIpc) is 3.42. The highest BCUT2D eigenvalue weighted by Gasteiger charge is 2.33. The second kappa shape index (κ2) is 8.43. The molecule has 0 aromatic carbocycles. The number of fused-ring (bicyclic) bond motifs is 1. The Labute approximate surface area is 165 Å². The number of carbonyl (C=O) groups excluding carboxylic acids is 1. The van der Waals surface area contributed by atoms with Crippen molar-refractivity contribution in [3.8, 4) is 0 Å². The van der Waals surface area contributed by atoms with Crippen molar-refractivity contribution in [3.05, 3.63) is 29.2 Å². The molecule has 8 heteroatoms. The Morgan fingerprint density at radius 2 is 2.18 bits per heavy atom. The van der Waals surface area contributed by atoms with Gasteiger partial charge in [0.25, 0.3) is 0 Å². The molecule has 3 heterocycles. The zero-order valence-electron chi connectivity index (χ0n) is 16.8. The summed E-state index contributed by atoms with van der Waals surface area (Å²) in [6, 6.07) is 0. The molecule has 1 atom stereocenters. The molecule has 2 aromatic heterocycles. The Hall–Kier alpha value is -2.22. The molecule has 0 saturated heterocycles. The Morgan fingerprint density at radius 1 is 1.36 bits per heavy atom. The highest BCUT2D eigenvalue weighted by Crippen LogP contribution is 2.32. The van der Waals surface area contributed by atoms with Crippen LogP contribution in [0.4, 0.5) is 0 Å². The van der Waals surface area contributed by atoms with Crippen LogP contribution in [0.3, 0.4) is 0 Å². The first-order valence-corrected chi connectivity index (χ1v) is 10.3. The van der Waals surface area contributed by atoms with Crippen LogP contribution in [0.5, 0.6) is 0 Å². The molecule has 1 aliphatic carbocycles. The third kappa shape index (κ3) is 4.11. The van der Waals surface area contributed by atoms with E-state index >= 15 is 0 Å². The lowest BCUT2D eigenvalue weighted by molar-refractivity contribution is -0.132. The van der Waals surface area contributed by atoms with Gasteiger partial charge in [-0.1, -0.05) is 18.0 Å². The third-order valence-corrected chi connectivity index (χ3v) is 5.80.